The number of benzene rings is 3. The standard InChI is InChI=1S/C18F10I4/c19-5-1(3-15(29)11(25)9(23)12(26)16(3)30)6(20)8(22)7(21)2(5)4-17(31)13(27)10(24)14(28)18(4)32. The van der Waals surface area contributed by atoms with Crippen LogP contribution in [0.1, 0.15) is 0 Å². The Kier molecular flexibility index (Phi) is 7.86. The third-order valence-electron chi connectivity index (χ3n) is 4.18. The van der Waals surface area contributed by atoms with E-state index < -0.39 is 94.7 Å². The molecule has 3 aromatic rings. The summed E-state index contributed by atoms with van der Waals surface area (Å²) in [4.78, 5) is 0. The molecule has 3 rings (SSSR count). The minimum Gasteiger partial charge on any atom is -0.205 e. The van der Waals surface area contributed by atoms with Crippen molar-refractivity contribution in [1.29, 1.82) is 0 Å². The van der Waals surface area contributed by atoms with Crippen molar-refractivity contribution < 1.29 is 43.9 Å². The van der Waals surface area contributed by atoms with Crippen molar-refractivity contribution in [3.05, 3.63) is 72.5 Å². The molecule has 14 heteroatoms. The summed E-state index contributed by atoms with van der Waals surface area (Å²) in [5.74, 6) is -20.2. The van der Waals surface area contributed by atoms with Crippen molar-refractivity contribution in [2.24, 2.45) is 0 Å². The van der Waals surface area contributed by atoms with Gasteiger partial charge < -0.3 is 0 Å². The van der Waals surface area contributed by atoms with Gasteiger partial charge in [-0.15, -0.1) is 0 Å². The van der Waals surface area contributed by atoms with E-state index in [2.05, 4.69) is 0 Å². The SMILES string of the molecule is Fc1c(F)c(I)c(-c2c(F)c(F)c(F)c(-c3c(I)c(F)c(F)c(F)c3I)c2F)c(I)c1F. The molecule has 0 fully saturated rings. The summed E-state index contributed by atoms with van der Waals surface area (Å²) in [7, 11) is 0. The topological polar surface area (TPSA) is 0 Å². The van der Waals surface area contributed by atoms with Crippen LogP contribution in [-0.2, 0) is 0 Å². The minimum absolute atomic E-state index is 0.874. The van der Waals surface area contributed by atoms with Gasteiger partial charge in [-0.2, -0.15) is 0 Å². The predicted octanol–water partition coefficient (Wildman–Crippen LogP) is 8.83. The lowest BCUT2D eigenvalue weighted by atomic mass is 9.95. The molecule has 0 radical (unpaired) electrons. The molecule has 0 bridgehead atoms. The van der Waals surface area contributed by atoms with Gasteiger partial charge in [0.05, 0.1) is 25.4 Å². The molecule has 0 aliphatic heterocycles. The Morgan fingerprint density at radius 2 is 0.469 bits per heavy atom. The quantitative estimate of drug-likeness (QED) is 0.105. The van der Waals surface area contributed by atoms with E-state index in [4.69, 9.17) is 0 Å². The van der Waals surface area contributed by atoms with Crippen molar-refractivity contribution in [2.45, 2.75) is 0 Å². The molecular formula is C18F10I4. The van der Waals surface area contributed by atoms with Crippen molar-refractivity contribution in [1.82, 2.24) is 0 Å². The maximum Gasteiger partial charge on any atom is 0.196 e. The Morgan fingerprint density at radius 1 is 0.250 bits per heavy atom. The second kappa shape index (κ2) is 9.50. The molecule has 0 amide bonds. The van der Waals surface area contributed by atoms with Gasteiger partial charge in [-0.3, -0.25) is 0 Å². The highest BCUT2D eigenvalue weighted by atomic mass is 127. The lowest BCUT2D eigenvalue weighted by Gasteiger charge is -2.18. The van der Waals surface area contributed by atoms with Crippen LogP contribution in [0, 0.1) is 72.5 Å². The van der Waals surface area contributed by atoms with Gasteiger partial charge in [0, 0.05) is 11.1 Å². The van der Waals surface area contributed by atoms with E-state index in [1.165, 1.54) is 0 Å². The van der Waals surface area contributed by atoms with Crippen LogP contribution in [0.15, 0.2) is 0 Å². The average molecular weight is 914 g/mol. The molecule has 0 aromatic heterocycles. The van der Waals surface area contributed by atoms with Gasteiger partial charge in [0.15, 0.2) is 52.4 Å². The van der Waals surface area contributed by atoms with E-state index in [-0.39, 0.29) is 0 Å². The van der Waals surface area contributed by atoms with Gasteiger partial charge in [0.2, 0.25) is 0 Å². The molecule has 0 aliphatic rings. The van der Waals surface area contributed by atoms with E-state index in [0.29, 0.717) is 0 Å². The minimum atomic E-state index is -2.34. The van der Waals surface area contributed by atoms with E-state index in [0.717, 1.165) is 90.4 Å². The molecule has 3 aromatic carbocycles. The van der Waals surface area contributed by atoms with Crippen LogP contribution in [0.4, 0.5) is 43.9 Å². The van der Waals surface area contributed by atoms with E-state index in [1.807, 2.05) is 0 Å². The Morgan fingerprint density at radius 3 is 0.719 bits per heavy atom. The Balaban J connectivity index is 2.59. The summed E-state index contributed by atoms with van der Waals surface area (Å²) in [6, 6.07) is 0. The van der Waals surface area contributed by atoms with E-state index in [9.17, 15) is 39.5 Å². The summed E-state index contributed by atoms with van der Waals surface area (Å²) in [5, 5.41) is 0. The first-order valence-electron chi connectivity index (χ1n) is 7.65. The van der Waals surface area contributed by atoms with Gasteiger partial charge in [0.25, 0.3) is 0 Å². The molecule has 0 saturated heterocycles. The lowest BCUT2D eigenvalue weighted by Crippen LogP contribution is -2.11. The molecule has 0 aliphatic carbocycles. The van der Waals surface area contributed by atoms with Gasteiger partial charge in [-0.05, 0) is 90.4 Å². The van der Waals surface area contributed by atoms with Crippen molar-refractivity contribution >= 4 is 90.4 Å². The van der Waals surface area contributed by atoms with Crippen LogP contribution < -0.4 is 0 Å². The number of hydrogen-bond donors (Lipinski definition) is 0. The highest BCUT2D eigenvalue weighted by Crippen LogP contribution is 2.45. The smallest absolute Gasteiger partial charge is 0.196 e. The molecule has 0 spiro atoms. The molecule has 32 heavy (non-hydrogen) atoms. The molecule has 170 valence electrons. The zero-order chi connectivity index (χ0) is 24.4. The second-order valence-electron chi connectivity index (χ2n) is 5.90. The van der Waals surface area contributed by atoms with Gasteiger partial charge >= 0.3 is 0 Å². The fourth-order valence-corrected chi connectivity index (χ4v) is 6.86. The maximum absolute atomic E-state index is 15.5. The Labute approximate surface area is 226 Å². The summed E-state index contributed by atoms with van der Waals surface area (Å²) < 4.78 is 139. The monoisotopic (exact) mass is 914 g/mol. The van der Waals surface area contributed by atoms with Gasteiger partial charge in [0.1, 0.15) is 5.82 Å². The van der Waals surface area contributed by atoms with Crippen LogP contribution >= 0.6 is 90.4 Å². The van der Waals surface area contributed by atoms with Gasteiger partial charge in [-0.25, -0.2) is 43.9 Å². The first kappa shape index (κ1) is 26.5. The first-order chi connectivity index (χ1) is 14.7. The fraction of sp³-hybridized carbons (Fsp3) is 0. The first-order valence-corrected chi connectivity index (χ1v) is 12.0. The number of hydrogen-bond acceptors (Lipinski definition) is 0. The molecule has 0 unspecified atom stereocenters. The average Bonchev–Trinajstić information content (AvgIpc) is 2.76. The second-order valence-corrected chi connectivity index (χ2v) is 10.2. The van der Waals surface area contributed by atoms with Crippen LogP contribution in [0.25, 0.3) is 22.3 Å². The maximum atomic E-state index is 15.5. The third kappa shape index (κ3) is 3.91. The summed E-state index contributed by atoms with van der Waals surface area (Å²) >= 11 is 4.31. The zero-order valence-corrected chi connectivity index (χ0v) is 22.9. The lowest BCUT2D eigenvalue weighted by molar-refractivity contribution is 0.433. The van der Waals surface area contributed by atoms with Crippen LogP contribution in [0.3, 0.4) is 0 Å². The molecule has 0 nitrogen and oxygen atoms in total. The molecule has 0 atom stereocenters. The summed E-state index contributed by atoms with van der Waals surface area (Å²) in [6.07, 6.45) is 0. The van der Waals surface area contributed by atoms with Crippen LogP contribution in [-0.4, -0.2) is 0 Å². The van der Waals surface area contributed by atoms with Gasteiger partial charge in [-0.1, -0.05) is 0 Å². The van der Waals surface area contributed by atoms with Crippen LogP contribution in [0.5, 0.6) is 0 Å². The zero-order valence-electron chi connectivity index (χ0n) is 14.3. The molecule has 0 N–H and O–H groups in total. The van der Waals surface area contributed by atoms with E-state index >= 15 is 4.39 Å². The van der Waals surface area contributed by atoms with Crippen molar-refractivity contribution in [3.63, 3.8) is 0 Å². The molecule has 0 heterocycles. The Bertz CT molecular complexity index is 1170. The van der Waals surface area contributed by atoms with Crippen molar-refractivity contribution in [3.8, 4) is 22.3 Å². The number of halogens is 14. The van der Waals surface area contributed by atoms with Crippen molar-refractivity contribution in [2.75, 3.05) is 0 Å². The van der Waals surface area contributed by atoms with E-state index in [1.54, 1.807) is 0 Å². The van der Waals surface area contributed by atoms with Crippen LogP contribution in [0.2, 0.25) is 0 Å². The summed E-state index contributed by atoms with van der Waals surface area (Å²) in [6.45, 7) is 0. The normalized spacial score (nSPS) is 11.4. The largest absolute Gasteiger partial charge is 0.205 e. The highest BCUT2D eigenvalue weighted by Gasteiger charge is 2.35. The predicted molar refractivity (Wildman–Crippen MR) is 128 cm³/mol. The highest BCUT2D eigenvalue weighted by molar-refractivity contribution is 14.1. The molecule has 0 saturated carbocycles. The summed E-state index contributed by atoms with van der Waals surface area (Å²) in [5.41, 5.74) is -5.01. The molecular weight excluding hydrogens is 914 g/mol. The fourth-order valence-electron chi connectivity index (χ4n) is 2.72. The Hall–Kier alpha value is -0.120. The third-order valence-corrected chi connectivity index (χ3v) is 8.23. The number of rotatable bonds is 2.